The molecule has 160 valence electrons. The van der Waals surface area contributed by atoms with Crippen molar-refractivity contribution in [2.75, 3.05) is 18.8 Å². The highest BCUT2D eigenvalue weighted by Gasteiger charge is 2.33. The summed E-state index contributed by atoms with van der Waals surface area (Å²) in [5.74, 6) is 0.846. The van der Waals surface area contributed by atoms with E-state index in [2.05, 4.69) is 29.1 Å². The zero-order valence-corrected chi connectivity index (χ0v) is 18.3. The number of amides is 1. The Hall–Kier alpha value is -1.93. The van der Waals surface area contributed by atoms with Crippen LogP contribution < -0.4 is 5.32 Å². The molecule has 1 aliphatic heterocycles. The number of imidazole rings is 1. The molecule has 3 rings (SSSR count). The third-order valence-corrected chi connectivity index (χ3v) is 7.41. The molecule has 2 atom stereocenters. The van der Waals surface area contributed by atoms with Crippen molar-refractivity contribution in [1.29, 1.82) is 0 Å². The number of aromatic nitrogens is 2. The van der Waals surface area contributed by atoms with Crippen molar-refractivity contribution in [2.45, 2.75) is 52.5 Å². The monoisotopic (exact) mass is 420 g/mol. The summed E-state index contributed by atoms with van der Waals surface area (Å²) in [6, 6.07) is 7.58. The van der Waals surface area contributed by atoms with Crippen molar-refractivity contribution in [3.05, 3.63) is 30.1 Å². The van der Waals surface area contributed by atoms with Gasteiger partial charge in [-0.3, -0.25) is 4.79 Å². The Balaban J connectivity index is 1.74. The van der Waals surface area contributed by atoms with Gasteiger partial charge in [-0.1, -0.05) is 32.9 Å². The lowest BCUT2D eigenvalue weighted by molar-refractivity contribution is -0.127. The molecule has 2 N–H and O–H groups in total. The summed E-state index contributed by atoms with van der Waals surface area (Å²) in [4.78, 5) is 21.0. The smallest absolute Gasteiger partial charge is 0.225 e. The summed E-state index contributed by atoms with van der Waals surface area (Å²) in [5, 5.41) is 3.15. The van der Waals surface area contributed by atoms with Crippen molar-refractivity contribution in [1.82, 2.24) is 19.6 Å². The molecule has 29 heavy (non-hydrogen) atoms. The van der Waals surface area contributed by atoms with Gasteiger partial charge in [0.2, 0.25) is 15.9 Å². The Labute approximate surface area is 173 Å². The molecule has 0 bridgehead atoms. The van der Waals surface area contributed by atoms with Gasteiger partial charge in [-0.05, 0) is 43.7 Å². The van der Waals surface area contributed by atoms with Gasteiger partial charge >= 0.3 is 0 Å². The molecule has 1 aromatic carbocycles. The van der Waals surface area contributed by atoms with E-state index in [1.165, 1.54) is 4.31 Å². The molecule has 0 aliphatic carbocycles. The van der Waals surface area contributed by atoms with Crippen LogP contribution in [0.2, 0.25) is 0 Å². The van der Waals surface area contributed by atoms with E-state index in [9.17, 15) is 13.2 Å². The second kappa shape index (κ2) is 9.26. The minimum atomic E-state index is -3.28. The highest BCUT2D eigenvalue weighted by molar-refractivity contribution is 7.89. The van der Waals surface area contributed by atoms with Gasteiger partial charge < -0.3 is 10.3 Å². The number of hydrogen-bond donors (Lipinski definition) is 2. The summed E-state index contributed by atoms with van der Waals surface area (Å²) in [5.41, 5.74) is 1.82. The fourth-order valence-electron chi connectivity index (χ4n) is 3.93. The van der Waals surface area contributed by atoms with E-state index in [0.717, 1.165) is 23.3 Å². The average Bonchev–Trinajstić information content (AvgIpc) is 3.11. The van der Waals surface area contributed by atoms with Gasteiger partial charge in [0.1, 0.15) is 5.82 Å². The number of benzene rings is 1. The molecule has 2 heterocycles. The van der Waals surface area contributed by atoms with E-state index >= 15 is 0 Å². The number of H-pyrrole nitrogens is 1. The minimum Gasteiger partial charge on any atom is -0.346 e. The fraction of sp³-hybridized carbons (Fsp3) is 0.619. The van der Waals surface area contributed by atoms with Gasteiger partial charge in [-0.15, -0.1) is 0 Å². The van der Waals surface area contributed by atoms with Gasteiger partial charge in [0.25, 0.3) is 0 Å². The Kier molecular flexibility index (Phi) is 6.95. The zero-order valence-electron chi connectivity index (χ0n) is 17.5. The summed E-state index contributed by atoms with van der Waals surface area (Å²) >= 11 is 0. The highest BCUT2D eigenvalue weighted by atomic mass is 32.2. The molecule has 1 aliphatic rings. The van der Waals surface area contributed by atoms with Crippen LogP contribution in [0.1, 0.15) is 58.3 Å². The van der Waals surface area contributed by atoms with Crippen LogP contribution in [0.3, 0.4) is 0 Å². The number of aromatic amines is 1. The first-order chi connectivity index (χ1) is 13.8. The van der Waals surface area contributed by atoms with Gasteiger partial charge in [0, 0.05) is 13.1 Å². The van der Waals surface area contributed by atoms with Crippen LogP contribution in [0.15, 0.2) is 24.3 Å². The van der Waals surface area contributed by atoms with E-state index in [1.54, 1.807) is 0 Å². The maximum Gasteiger partial charge on any atom is 0.225 e. The molecule has 1 fully saturated rings. The minimum absolute atomic E-state index is 0.0903. The Bertz CT molecular complexity index is 905. The molecule has 0 saturated carbocycles. The van der Waals surface area contributed by atoms with Crippen LogP contribution in [0.5, 0.6) is 0 Å². The molecule has 1 amide bonds. The van der Waals surface area contributed by atoms with E-state index in [0.29, 0.717) is 31.7 Å². The van der Waals surface area contributed by atoms with E-state index in [-0.39, 0.29) is 30.2 Å². The van der Waals surface area contributed by atoms with Gasteiger partial charge in [0.05, 0.1) is 28.7 Å². The van der Waals surface area contributed by atoms with Gasteiger partial charge in [0.15, 0.2) is 0 Å². The summed E-state index contributed by atoms with van der Waals surface area (Å²) < 4.78 is 26.3. The SMILES string of the molecule is CCCS(=O)(=O)N1CCCC(C(=O)NC(CC(C)C)c2nc3ccccc3[nH]2)C1. The molecular formula is C21H32N4O3S. The van der Waals surface area contributed by atoms with E-state index in [4.69, 9.17) is 0 Å². The summed E-state index contributed by atoms with van der Waals surface area (Å²) in [6.07, 6.45) is 2.76. The maximum absolute atomic E-state index is 13.0. The molecule has 7 nitrogen and oxygen atoms in total. The van der Waals surface area contributed by atoms with E-state index < -0.39 is 10.0 Å². The number of carbonyl (C=O) groups excluding carboxylic acids is 1. The Morgan fingerprint density at radius 2 is 2.10 bits per heavy atom. The number of carbonyl (C=O) groups is 1. The Morgan fingerprint density at radius 1 is 1.34 bits per heavy atom. The lowest BCUT2D eigenvalue weighted by Crippen LogP contribution is -2.46. The topological polar surface area (TPSA) is 95.2 Å². The predicted molar refractivity (Wildman–Crippen MR) is 115 cm³/mol. The first kappa shape index (κ1) is 21.8. The van der Waals surface area contributed by atoms with Crippen molar-refractivity contribution >= 4 is 27.0 Å². The molecule has 0 radical (unpaired) electrons. The number of para-hydroxylation sites is 2. The first-order valence-corrected chi connectivity index (χ1v) is 12.1. The molecule has 2 aromatic rings. The molecule has 1 aromatic heterocycles. The maximum atomic E-state index is 13.0. The summed E-state index contributed by atoms with van der Waals surface area (Å²) in [6.45, 7) is 6.85. The van der Waals surface area contributed by atoms with Crippen LogP contribution in [-0.4, -0.2) is 47.4 Å². The largest absolute Gasteiger partial charge is 0.346 e. The number of sulfonamides is 1. The number of fused-ring (bicyclic) bond motifs is 1. The fourth-order valence-corrected chi connectivity index (χ4v) is 5.52. The molecular weight excluding hydrogens is 388 g/mol. The molecule has 0 spiro atoms. The van der Waals surface area contributed by atoms with Crippen molar-refractivity contribution in [3.8, 4) is 0 Å². The zero-order chi connectivity index (χ0) is 21.0. The average molecular weight is 421 g/mol. The van der Waals surface area contributed by atoms with Crippen molar-refractivity contribution < 1.29 is 13.2 Å². The second-order valence-electron chi connectivity index (χ2n) is 8.34. The van der Waals surface area contributed by atoms with Gasteiger partial charge in [-0.25, -0.2) is 17.7 Å². The number of hydrogen-bond acceptors (Lipinski definition) is 4. The first-order valence-electron chi connectivity index (χ1n) is 10.5. The molecule has 2 unspecified atom stereocenters. The standard InChI is InChI=1S/C21H32N4O3S/c1-4-12-29(27,28)25-11-7-8-16(14-25)21(26)24-19(13-15(2)3)20-22-17-9-5-6-10-18(17)23-20/h5-6,9-10,15-16,19H,4,7-8,11-14H2,1-3H3,(H,22,23)(H,24,26). The van der Waals surface area contributed by atoms with Crippen LogP contribution in [0.25, 0.3) is 11.0 Å². The number of rotatable bonds is 8. The van der Waals surface area contributed by atoms with Crippen molar-refractivity contribution in [3.63, 3.8) is 0 Å². The van der Waals surface area contributed by atoms with Gasteiger partial charge in [-0.2, -0.15) is 0 Å². The van der Waals surface area contributed by atoms with Crippen LogP contribution in [0.4, 0.5) is 0 Å². The lowest BCUT2D eigenvalue weighted by Gasteiger charge is -2.32. The number of piperidine rings is 1. The molecule has 1 saturated heterocycles. The number of nitrogens with zero attached hydrogens (tertiary/aromatic N) is 2. The summed E-state index contributed by atoms with van der Waals surface area (Å²) in [7, 11) is -3.28. The second-order valence-corrected chi connectivity index (χ2v) is 10.4. The highest BCUT2D eigenvalue weighted by Crippen LogP contribution is 2.25. The van der Waals surface area contributed by atoms with Crippen LogP contribution in [-0.2, 0) is 14.8 Å². The predicted octanol–water partition coefficient (Wildman–Crippen LogP) is 3.22. The third kappa shape index (κ3) is 5.36. The van der Waals surface area contributed by atoms with E-state index in [1.807, 2.05) is 31.2 Å². The van der Waals surface area contributed by atoms with Crippen LogP contribution in [0, 0.1) is 11.8 Å². The molecule has 8 heteroatoms. The van der Waals surface area contributed by atoms with Crippen molar-refractivity contribution in [2.24, 2.45) is 11.8 Å². The number of nitrogens with one attached hydrogen (secondary N) is 2. The van der Waals surface area contributed by atoms with Crippen LogP contribution >= 0.6 is 0 Å². The quantitative estimate of drug-likeness (QED) is 0.685. The lowest BCUT2D eigenvalue weighted by atomic mass is 9.97. The Morgan fingerprint density at radius 3 is 2.79 bits per heavy atom. The normalized spacial score (nSPS) is 19.5. The third-order valence-electron chi connectivity index (χ3n) is 5.37.